The number of carbonyl (C=O) groups excluding carboxylic acids is 1. The Kier molecular flexibility index (Phi) is 6.31. The monoisotopic (exact) mass is 451 g/mol. The van der Waals surface area contributed by atoms with Crippen LogP contribution in [0.5, 0.6) is 0 Å². The van der Waals surface area contributed by atoms with E-state index in [2.05, 4.69) is 17.1 Å². The second kappa shape index (κ2) is 9.31. The van der Waals surface area contributed by atoms with Gasteiger partial charge in [-0.05, 0) is 18.6 Å². The van der Waals surface area contributed by atoms with Gasteiger partial charge in [0.15, 0.2) is 10.9 Å². The first-order chi connectivity index (χ1) is 15.5. The Bertz CT molecular complexity index is 1380. The van der Waals surface area contributed by atoms with Gasteiger partial charge < -0.3 is 0 Å². The van der Waals surface area contributed by atoms with Crippen molar-refractivity contribution in [2.24, 2.45) is 0 Å². The fourth-order valence-electron chi connectivity index (χ4n) is 3.55. The minimum Gasteiger partial charge on any atom is -0.293 e. The Hall–Kier alpha value is -3.53. The first kappa shape index (κ1) is 21.7. The number of aromatic nitrogens is 4. The van der Waals surface area contributed by atoms with Gasteiger partial charge in [0, 0.05) is 24.2 Å². The van der Waals surface area contributed by atoms with Crippen molar-refractivity contribution >= 4 is 39.9 Å². The van der Waals surface area contributed by atoms with Crippen LogP contribution in [0.15, 0.2) is 58.5 Å². The van der Waals surface area contributed by atoms with E-state index in [1.165, 1.54) is 30.0 Å². The van der Waals surface area contributed by atoms with Crippen LogP contribution >= 0.6 is 11.8 Å². The number of carbonyl (C=O) groups is 1. The number of ketones is 1. The molecule has 0 unspecified atom stereocenters. The third-order valence-corrected chi connectivity index (χ3v) is 6.10. The average molecular weight is 452 g/mol. The lowest BCUT2D eigenvalue weighted by molar-refractivity contribution is -0.384. The molecule has 2 aromatic heterocycles. The zero-order valence-corrected chi connectivity index (χ0v) is 18.2. The number of hydrogen-bond acceptors (Lipinski definition) is 7. The number of non-ortho nitro benzene ring substituents is 1. The Morgan fingerprint density at radius 3 is 2.72 bits per heavy atom. The van der Waals surface area contributed by atoms with Crippen LogP contribution in [-0.2, 0) is 6.54 Å². The van der Waals surface area contributed by atoms with Crippen LogP contribution in [0, 0.1) is 10.1 Å². The molecule has 0 aliphatic heterocycles. The van der Waals surface area contributed by atoms with E-state index in [0.29, 0.717) is 28.4 Å². The SMILES string of the molecule is CCCCCn1c(=O)c2ccccc2n2c(SCC(=O)c3cccc([N+](=O)[O-])c3)nnc12. The number of para-hydroxylation sites is 1. The maximum Gasteiger partial charge on any atom is 0.270 e. The Balaban J connectivity index is 1.69. The molecule has 0 saturated heterocycles. The molecule has 0 aliphatic carbocycles. The summed E-state index contributed by atoms with van der Waals surface area (Å²) in [6.45, 7) is 2.64. The summed E-state index contributed by atoms with van der Waals surface area (Å²) in [7, 11) is 0. The van der Waals surface area contributed by atoms with E-state index in [-0.39, 0.29) is 28.3 Å². The number of nitrogens with zero attached hydrogens (tertiary/aromatic N) is 5. The molecule has 9 nitrogen and oxygen atoms in total. The van der Waals surface area contributed by atoms with E-state index in [1.54, 1.807) is 21.1 Å². The first-order valence-electron chi connectivity index (χ1n) is 10.3. The molecule has 0 radical (unpaired) electrons. The number of aryl methyl sites for hydroxylation is 1. The fraction of sp³-hybridized carbons (Fsp3) is 0.273. The lowest BCUT2D eigenvalue weighted by atomic mass is 10.1. The van der Waals surface area contributed by atoms with E-state index in [0.717, 1.165) is 19.3 Å². The van der Waals surface area contributed by atoms with Gasteiger partial charge in [-0.1, -0.05) is 55.8 Å². The zero-order chi connectivity index (χ0) is 22.7. The third-order valence-electron chi connectivity index (χ3n) is 5.17. The quantitative estimate of drug-likeness (QED) is 0.124. The second-order valence-corrected chi connectivity index (χ2v) is 8.26. The second-order valence-electron chi connectivity index (χ2n) is 7.32. The van der Waals surface area contributed by atoms with Crippen molar-refractivity contribution in [3.05, 3.63) is 74.6 Å². The van der Waals surface area contributed by atoms with Crippen LogP contribution in [-0.4, -0.2) is 35.6 Å². The molecule has 164 valence electrons. The number of hydrogen-bond donors (Lipinski definition) is 0. The molecular formula is C22H21N5O4S. The highest BCUT2D eigenvalue weighted by Crippen LogP contribution is 2.23. The minimum atomic E-state index is -0.528. The van der Waals surface area contributed by atoms with E-state index >= 15 is 0 Å². The smallest absolute Gasteiger partial charge is 0.270 e. The zero-order valence-electron chi connectivity index (χ0n) is 17.4. The number of thioether (sulfide) groups is 1. The van der Waals surface area contributed by atoms with Crippen molar-refractivity contribution in [2.45, 2.75) is 37.9 Å². The summed E-state index contributed by atoms with van der Waals surface area (Å²) in [5.74, 6) is 0.219. The highest BCUT2D eigenvalue weighted by Gasteiger charge is 2.18. The molecule has 10 heteroatoms. The first-order valence-corrected chi connectivity index (χ1v) is 11.3. The molecule has 0 aliphatic rings. The van der Waals surface area contributed by atoms with E-state index in [4.69, 9.17) is 0 Å². The topological polar surface area (TPSA) is 112 Å². The van der Waals surface area contributed by atoms with Crippen molar-refractivity contribution in [2.75, 3.05) is 5.75 Å². The normalized spacial score (nSPS) is 11.3. The summed E-state index contributed by atoms with van der Waals surface area (Å²) in [4.78, 5) is 36.2. The Morgan fingerprint density at radius 1 is 1.12 bits per heavy atom. The highest BCUT2D eigenvalue weighted by molar-refractivity contribution is 7.99. The molecule has 4 aromatic rings. The van der Waals surface area contributed by atoms with Gasteiger partial charge in [-0.25, -0.2) is 0 Å². The summed E-state index contributed by atoms with van der Waals surface area (Å²) in [5.41, 5.74) is 0.702. The van der Waals surface area contributed by atoms with Crippen molar-refractivity contribution < 1.29 is 9.72 Å². The third kappa shape index (κ3) is 4.13. The lowest BCUT2D eigenvalue weighted by Gasteiger charge is -2.11. The molecule has 0 amide bonds. The van der Waals surface area contributed by atoms with Crippen molar-refractivity contribution in [3.8, 4) is 0 Å². The molecule has 4 rings (SSSR count). The number of unbranched alkanes of at least 4 members (excludes halogenated alkanes) is 2. The summed E-state index contributed by atoms with van der Waals surface area (Å²) in [5, 5.41) is 20.5. The molecule has 0 spiro atoms. The minimum absolute atomic E-state index is 0.0330. The van der Waals surface area contributed by atoms with Crippen LogP contribution < -0.4 is 5.56 Å². The van der Waals surface area contributed by atoms with Gasteiger partial charge in [0.05, 0.1) is 21.6 Å². The van der Waals surface area contributed by atoms with Gasteiger partial charge in [-0.3, -0.25) is 28.7 Å². The number of fused-ring (bicyclic) bond motifs is 3. The van der Waals surface area contributed by atoms with Gasteiger partial charge in [0.25, 0.3) is 11.2 Å². The lowest BCUT2D eigenvalue weighted by Crippen LogP contribution is -2.23. The summed E-state index contributed by atoms with van der Waals surface area (Å²) < 4.78 is 3.44. The number of Topliss-reactive ketones (excluding diaryl/α,β-unsaturated/α-hetero) is 1. The number of benzene rings is 2. The fourth-order valence-corrected chi connectivity index (χ4v) is 4.39. The number of rotatable bonds is 9. The van der Waals surface area contributed by atoms with Gasteiger partial charge in [0.1, 0.15) is 0 Å². The van der Waals surface area contributed by atoms with Gasteiger partial charge in [-0.2, -0.15) is 0 Å². The van der Waals surface area contributed by atoms with Gasteiger partial charge >= 0.3 is 0 Å². The number of nitro groups is 1. The van der Waals surface area contributed by atoms with E-state index in [1.807, 2.05) is 18.2 Å². The molecule has 0 N–H and O–H groups in total. The maximum atomic E-state index is 13.0. The summed E-state index contributed by atoms with van der Waals surface area (Å²) in [6.07, 6.45) is 2.88. The van der Waals surface area contributed by atoms with Crippen molar-refractivity contribution in [1.82, 2.24) is 19.2 Å². The van der Waals surface area contributed by atoms with Crippen molar-refractivity contribution in [3.63, 3.8) is 0 Å². The maximum absolute atomic E-state index is 13.0. The number of nitro benzene ring substituents is 1. The Labute approximate surface area is 187 Å². The highest BCUT2D eigenvalue weighted by atomic mass is 32.2. The Morgan fingerprint density at radius 2 is 1.94 bits per heavy atom. The predicted octanol–water partition coefficient (Wildman–Crippen LogP) is 4.12. The van der Waals surface area contributed by atoms with Crippen LogP contribution in [0.3, 0.4) is 0 Å². The van der Waals surface area contributed by atoms with Crippen LogP contribution in [0.1, 0.15) is 36.5 Å². The molecule has 0 bridgehead atoms. The van der Waals surface area contributed by atoms with Gasteiger partial charge in [-0.15, -0.1) is 10.2 Å². The summed E-state index contributed by atoms with van der Waals surface area (Å²) in [6, 6.07) is 12.9. The largest absolute Gasteiger partial charge is 0.293 e. The van der Waals surface area contributed by atoms with Crippen LogP contribution in [0.4, 0.5) is 5.69 Å². The van der Waals surface area contributed by atoms with E-state index < -0.39 is 4.92 Å². The molecule has 2 aromatic carbocycles. The van der Waals surface area contributed by atoms with Crippen LogP contribution in [0.2, 0.25) is 0 Å². The van der Waals surface area contributed by atoms with E-state index in [9.17, 15) is 19.7 Å². The molecule has 2 heterocycles. The standard InChI is InChI=1S/C22H21N5O4S/c1-2-3-6-12-25-20(29)17-10-4-5-11-18(17)26-21(25)23-24-22(26)32-14-19(28)15-8-7-9-16(13-15)27(30)31/h4-5,7-11,13H,2-3,6,12,14H2,1H3. The molecular weight excluding hydrogens is 430 g/mol. The average Bonchev–Trinajstić information content (AvgIpc) is 3.23. The molecule has 0 atom stereocenters. The molecule has 0 saturated carbocycles. The molecule has 32 heavy (non-hydrogen) atoms. The van der Waals surface area contributed by atoms with Crippen molar-refractivity contribution in [1.29, 1.82) is 0 Å². The summed E-state index contributed by atoms with van der Waals surface area (Å²) >= 11 is 1.19. The van der Waals surface area contributed by atoms with Crippen LogP contribution in [0.25, 0.3) is 16.7 Å². The van der Waals surface area contributed by atoms with Gasteiger partial charge in [0.2, 0.25) is 5.78 Å². The predicted molar refractivity (Wildman–Crippen MR) is 122 cm³/mol. The molecule has 0 fully saturated rings.